The van der Waals surface area contributed by atoms with Crippen molar-refractivity contribution in [3.8, 4) is 0 Å². The highest BCUT2D eigenvalue weighted by atomic mass is 16.6. The number of rotatable bonds is 8. The Labute approximate surface area is 210 Å². The van der Waals surface area contributed by atoms with Gasteiger partial charge in [0.2, 0.25) is 0 Å². The van der Waals surface area contributed by atoms with Crippen LogP contribution in [0.3, 0.4) is 0 Å². The van der Waals surface area contributed by atoms with Crippen molar-refractivity contribution in [3.05, 3.63) is 23.5 Å². The molecule has 1 spiro atoms. The number of allylic oxidation sites excluding steroid dienone is 1. The molecule has 4 fully saturated rings. The summed E-state index contributed by atoms with van der Waals surface area (Å²) in [5.74, 6) is -0.955. The Bertz CT molecular complexity index is 1010. The zero-order valence-electron chi connectivity index (χ0n) is 21.4. The van der Waals surface area contributed by atoms with Gasteiger partial charge in [-0.15, -0.1) is 5.10 Å². The summed E-state index contributed by atoms with van der Waals surface area (Å²) in [5.41, 5.74) is 0.541. The summed E-state index contributed by atoms with van der Waals surface area (Å²) in [7, 11) is 1.67. The number of methoxy groups -OCH3 is 1. The highest BCUT2D eigenvalue weighted by Gasteiger charge is 2.72. The molecule has 3 aliphatic heterocycles. The average Bonchev–Trinajstić information content (AvgIpc) is 3.63. The van der Waals surface area contributed by atoms with E-state index in [2.05, 4.69) is 37.2 Å². The molecule has 12 heteroatoms. The van der Waals surface area contributed by atoms with Gasteiger partial charge in [-0.3, -0.25) is 4.68 Å². The van der Waals surface area contributed by atoms with E-state index in [9.17, 15) is 9.59 Å². The van der Waals surface area contributed by atoms with Crippen LogP contribution >= 0.6 is 0 Å². The van der Waals surface area contributed by atoms with E-state index >= 15 is 0 Å². The third-order valence-corrected chi connectivity index (χ3v) is 7.91. The van der Waals surface area contributed by atoms with Gasteiger partial charge in [0.15, 0.2) is 5.69 Å². The molecular formula is C24H37N5O7. The number of hydrogen-bond donors (Lipinski definition) is 2. The van der Waals surface area contributed by atoms with Crippen molar-refractivity contribution in [1.82, 2.24) is 26.0 Å². The molecule has 1 amide bonds. The first kappa shape index (κ1) is 26.5. The molecule has 3 saturated heterocycles. The minimum Gasteiger partial charge on any atom is -0.476 e. The first-order chi connectivity index (χ1) is 16.6. The molecule has 1 aromatic rings. The van der Waals surface area contributed by atoms with Crippen molar-refractivity contribution in [1.29, 1.82) is 0 Å². The summed E-state index contributed by atoms with van der Waals surface area (Å²) in [5, 5.41) is 16.4. The van der Waals surface area contributed by atoms with Crippen molar-refractivity contribution in [2.45, 2.75) is 76.1 Å². The molecule has 0 aromatic carbocycles. The molecule has 4 aliphatic rings. The summed E-state index contributed by atoms with van der Waals surface area (Å²) in [6, 6.07) is 0. The van der Waals surface area contributed by atoms with Gasteiger partial charge in [-0.2, -0.15) is 0 Å². The lowest BCUT2D eigenvalue weighted by atomic mass is 9.68. The SMILES string of the molecule is CO[C@@H]1[C@H](OC(=O)N2CC(Cn3cc(C(=O)O)nn3)C2)CC[C@]2(CO2)[C@H]1[C@@]1(C)O[C@@H]1CC=C(C)C.N. The lowest BCUT2D eigenvalue weighted by Gasteiger charge is -2.44. The van der Waals surface area contributed by atoms with E-state index in [-0.39, 0.29) is 59.3 Å². The van der Waals surface area contributed by atoms with Crippen LogP contribution in [0.4, 0.5) is 4.79 Å². The molecule has 0 unspecified atom stereocenters. The molecule has 4 N–H and O–H groups in total. The minimum atomic E-state index is -1.11. The van der Waals surface area contributed by atoms with E-state index in [1.807, 2.05) is 0 Å². The lowest BCUT2D eigenvalue weighted by Crippen LogP contribution is -2.58. The number of aromatic carboxylic acids is 1. The maximum absolute atomic E-state index is 12.9. The van der Waals surface area contributed by atoms with Gasteiger partial charge in [-0.1, -0.05) is 16.9 Å². The number of carbonyl (C=O) groups is 2. The molecule has 0 bridgehead atoms. The normalized spacial score (nSPS) is 34.9. The molecule has 1 aliphatic carbocycles. The van der Waals surface area contributed by atoms with E-state index < -0.39 is 5.97 Å². The lowest BCUT2D eigenvalue weighted by molar-refractivity contribution is -0.124. The third-order valence-electron chi connectivity index (χ3n) is 7.91. The second kappa shape index (κ2) is 9.73. The van der Waals surface area contributed by atoms with Gasteiger partial charge in [-0.25, -0.2) is 9.59 Å². The standard InChI is InChI=1S/C24H34N4O7.H3N/c1-14(2)5-6-18-23(3,35-18)20-19(32-4)17(7-8-24(20)13-33-24)34-22(31)27-9-15(10-27)11-28-12-16(21(29)30)25-26-28;/h5,12,15,17-20H,6-11,13H2,1-4H3,(H,29,30);1H3/t17-,18-,19-,20-,23+,24+;/m1./s1. The number of hydrogen-bond acceptors (Lipinski definition) is 9. The molecule has 200 valence electrons. The molecular weight excluding hydrogens is 470 g/mol. The Balaban J connectivity index is 0.00000304. The van der Waals surface area contributed by atoms with Crippen molar-refractivity contribution < 1.29 is 33.6 Å². The molecule has 6 atom stereocenters. The fraction of sp³-hybridized carbons (Fsp3) is 0.750. The van der Waals surface area contributed by atoms with Crippen LogP contribution in [0, 0.1) is 11.8 Å². The molecule has 12 nitrogen and oxygen atoms in total. The number of nitrogens with zero attached hydrogens (tertiary/aromatic N) is 4. The molecule has 5 rings (SSSR count). The van der Waals surface area contributed by atoms with Gasteiger partial charge >= 0.3 is 12.1 Å². The van der Waals surface area contributed by atoms with Crippen LogP contribution in [-0.4, -0.2) is 93.4 Å². The van der Waals surface area contributed by atoms with Crippen LogP contribution in [0.15, 0.2) is 17.8 Å². The Hall–Kier alpha value is -2.54. The first-order valence-electron chi connectivity index (χ1n) is 12.2. The molecule has 4 heterocycles. The third kappa shape index (κ3) is 4.86. The predicted molar refractivity (Wildman–Crippen MR) is 127 cm³/mol. The fourth-order valence-corrected chi connectivity index (χ4v) is 5.86. The Morgan fingerprint density at radius 1 is 1.33 bits per heavy atom. The van der Waals surface area contributed by atoms with Gasteiger partial charge in [0.05, 0.1) is 24.8 Å². The Morgan fingerprint density at radius 3 is 2.64 bits per heavy atom. The topological polar surface area (TPSA) is 167 Å². The first-order valence-corrected chi connectivity index (χ1v) is 12.2. The highest BCUT2D eigenvalue weighted by molar-refractivity contribution is 5.84. The largest absolute Gasteiger partial charge is 0.476 e. The van der Waals surface area contributed by atoms with Gasteiger partial charge in [-0.05, 0) is 40.0 Å². The molecule has 36 heavy (non-hydrogen) atoms. The number of carboxylic acids is 1. The average molecular weight is 508 g/mol. The zero-order valence-corrected chi connectivity index (χ0v) is 21.4. The summed E-state index contributed by atoms with van der Waals surface area (Å²) in [6.45, 7) is 8.52. The van der Waals surface area contributed by atoms with Gasteiger partial charge in [0.25, 0.3) is 0 Å². The fourth-order valence-electron chi connectivity index (χ4n) is 5.86. The van der Waals surface area contributed by atoms with E-state index in [1.54, 1.807) is 12.0 Å². The maximum atomic E-state index is 12.9. The Morgan fingerprint density at radius 2 is 2.06 bits per heavy atom. The van der Waals surface area contributed by atoms with Crippen LogP contribution in [0.25, 0.3) is 0 Å². The number of epoxide rings is 2. The van der Waals surface area contributed by atoms with Crippen molar-refractivity contribution in [2.75, 3.05) is 26.8 Å². The number of aromatic nitrogens is 3. The summed E-state index contributed by atoms with van der Waals surface area (Å²) < 4.78 is 25.6. The van der Waals surface area contributed by atoms with Crippen LogP contribution in [0.2, 0.25) is 0 Å². The minimum absolute atomic E-state index is 0. The molecule has 1 aromatic heterocycles. The maximum Gasteiger partial charge on any atom is 0.410 e. The van der Waals surface area contributed by atoms with Gasteiger partial charge < -0.3 is 35.1 Å². The number of amides is 1. The van der Waals surface area contributed by atoms with Crippen molar-refractivity contribution in [3.63, 3.8) is 0 Å². The second-order valence-electron chi connectivity index (χ2n) is 10.7. The second-order valence-corrected chi connectivity index (χ2v) is 10.7. The van der Waals surface area contributed by atoms with E-state index in [1.165, 1.54) is 16.5 Å². The summed E-state index contributed by atoms with van der Waals surface area (Å²) in [4.78, 5) is 25.5. The Kier molecular flexibility index (Phi) is 7.17. The zero-order chi connectivity index (χ0) is 25.0. The van der Waals surface area contributed by atoms with E-state index in [0.29, 0.717) is 32.7 Å². The van der Waals surface area contributed by atoms with Crippen LogP contribution in [-0.2, 0) is 25.5 Å². The van der Waals surface area contributed by atoms with E-state index in [4.69, 9.17) is 24.1 Å². The van der Waals surface area contributed by atoms with Crippen molar-refractivity contribution in [2.24, 2.45) is 11.8 Å². The van der Waals surface area contributed by atoms with Crippen molar-refractivity contribution >= 4 is 12.1 Å². The monoisotopic (exact) mass is 507 g/mol. The summed E-state index contributed by atoms with van der Waals surface area (Å²) in [6.07, 6.45) is 5.01. The molecule has 0 radical (unpaired) electrons. The van der Waals surface area contributed by atoms with Gasteiger partial charge in [0, 0.05) is 32.7 Å². The smallest absolute Gasteiger partial charge is 0.410 e. The number of carbonyl (C=O) groups excluding carboxylic acids is 1. The van der Waals surface area contributed by atoms with Crippen LogP contribution in [0.1, 0.15) is 50.5 Å². The predicted octanol–water partition coefficient (Wildman–Crippen LogP) is 2.28. The van der Waals surface area contributed by atoms with Crippen LogP contribution < -0.4 is 6.15 Å². The number of likely N-dealkylation sites (tertiary alicyclic amines) is 1. The quantitative estimate of drug-likeness (QED) is 0.393. The highest BCUT2D eigenvalue weighted by Crippen LogP contribution is 2.59. The van der Waals surface area contributed by atoms with Gasteiger partial charge in [0.1, 0.15) is 23.4 Å². The molecule has 1 saturated carbocycles. The summed E-state index contributed by atoms with van der Waals surface area (Å²) >= 11 is 0. The van der Waals surface area contributed by atoms with E-state index in [0.717, 1.165) is 12.8 Å². The van der Waals surface area contributed by atoms with Crippen LogP contribution in [0.5, 0.6) is 0 Å². The number of ether oxygens (including phenoxy) is 4. The number of carboxylic acid groups (broad SMARTS) is 1.